The van der Waals surface area contributed by atoms with Gasteiger partial charge in [-0.15, -0.1) is 0 Å². The molecule has 1 N–H and O–H groups in total. The third-order valence-electron chi connectivity index (χ3n) is 4.02. The Morgan fingerprint density at radius 2 is 2.04 bits per heavy atom. The number of aromatic nitrogens is 2. The zero-order valence-corrected chi connectivity index (χ0v) is 16.1. The number of halogens is 1. The molecule has 2 aromatic heterocycles. The highest BCUT2D eigenvalue weighted by Gasteiger charge is 2.09. The average molecular weight is 400 g/mol. The summed E-state index contributed by atoms with van der Waals surface area (Å²) in [6.45, 7) is 1.58. The first-order chi connectivity index (χ1) is 12.2. The van der Waals surface area contributed by atoms with Crippen LogP contribution in [-0.4, -0.2) is 40.9 Å². The molecule has 25 heavy (non-hydrogen) atoms. The summed E-state index contributed by atoms with van der Waals surface area (Å²) in [7, 11) is 3.85. The van der Waals surface area contributed by atoms with Gasteiger partial charge < -0.3 is 14.6 Å². The van der Waals surface area contributed by atoms with Crippen LogP contribution in [0.25, 0.3) is 5.65 Å². The summed E-state index contributed by atoms with van der Waals surface area (Å²) in [6, 6.07) is 14.3. The van der Waals surface area contributed by atoms with Crippen molar-refractivity contribution in [2.75, 3.05) is 20.6 Å². The third-order valence-corrected chi connectivity index (χ3v) is 4.79. The Morgan fingerprint density at radius 3 is 2.80 bits per heavy atom. The zero-order chi connectivity index (χ0) is 17.6. The van der Waals surface area contributed by atoms with E-state index in [4.69, 9.17) is 0 Å². The van der Waals surface area contributed by atoms with Crippen molar-refractivity contribution in [1.29, 1.82) is 0 Å². The number of rotatable bonds is 5. The van der Waals surface area contributed by atoms with E-state index in [9.17, 15) is 0 Å². The van der Waals surface area contributed by atoms with Gasteiger partial charge in [0.1, 0.15) is 5.65 Å². The number of imidazole rings is 1. The van der Waals surface area contributed by atoms with Crippen LogP contribution in [0.3, 0.4) is 0 Å². The fourth-order valence-electron chi connectivity index (χ4n) is 2.75. The van der Waals surface area contributed by atoms with E-state index < -0.39 is 0 Å². The van der Waals surface area contributed by atoms with Crippen molar-refractivity contribution in [3.05, 3.63) is 70.6 Å². The summed E-state index contributed by atoms with van der Waals surface area (Å²) < 4.78 is 3.16. The van der Waals surface area contributed by atoms with Gasteiger partial charge in [-0.2, -0.15) is 0 Å². The van der Waals surface area contributed by atoms with E-state index in [2.05, 4.69) is 54.5 Å². The molecule has 2 heterocycles. The molecule has 0 bridgehead atoms. The molecule has 0 spiro atoms. The highest BCUT2D eigenvalue weighted by Crippen LogP contribution is 2.17. The maximum absolute atomic E-state index is 4.62. The van der Waals surface area contributed by atoms with Crippen molar-refractivity contribution < 1.29 is 0 Å². The molecule has 0 fully saturated rings. The summed E-state index contributed by atoms with van der Waals surface area (Å²) in [5.41, 5.74) is 3.28. The molecule has 0 saturated heterocycles. The number of hydrogen-bond acceptors (Lipinski definition) is 2. The van der Waals surface area contributed by atoms with Gasteiger partial charge in [-0.3, -0.25) is 4.99 Å². The molecule has 0 saturated carbocycles. The largest absolute Gasteiger partial charge is 0.356 e. The quantitative estimate of drug-likeness (QED) is 0.528. The van der Waals surface area contributed by atoms with Crippen molar-refractivity contribution in [2.45, 2.75) is 13.0 Å². The highest BCUT2D eigenvalue weighted by atomic mass is 79.9. The zero-order valence-electron chi connectivity index (χ0n) is 14.5. The van der Waals surface area contributed by atoms with E-state index in [1.54, 1.807) is 0 Å². The van der Waals surface area contributed by atoms with Crippen LogP contribution in [0.15, 0.2) is 64.3 Å². The van der Waals surface area contributed by atoms with Gasteiger partial charge in [0.25, 0.3) is 0 Å². The summed E-state index contributed by atoms with van der Waals surface area (Å²) in [5.74, 6) is 0.875. The molecule has 3 aromatic rings. The minimum Gasteiger partial charge on any atom is -0.356 e. The SMILES string of the molecule is CN=C(NCCc1cn2ccccc2n1)N(C)Cc1ccccc1Br. The maximum Gasteiger partial charge on any atom is 0.193 e. The van der Waals surface area contributed by atoms with Crippen molar-refractivity contribution >= 4 is 27.5 Å². The Balaban J connectivity index is 1.56. The van der Waals surface area contributed by atoms with E-state index >= 15 is 0 Å². The Hall–Kier alpha value is -2.34. The molecule has 6 heteroatoms. The number of nitrogens with one attached hydrogen (secondary N) is 1. The van der Waals surface area contributed by atoms with E-state index in [1.165, 1.54) is 5.56 Å². The number of fused-ring (bicyclic) bond motifs is 1. The molecule has 0 amide bonds. The molecule has 0 unspecified atom stereocenters. The molecular weight excluding hydrogens is 378 g/mol. The van der Waals surface area contributed by atoms with Gasteiger partial charge in [-0.05, 0) is 23.8 Å². The Labute approximate surface area is 156 Å². The first-order valence-electron chi connectivity index (χ1n) is 8.25. The first-order valence-corrected chi connectivity index (χ1v) is 9.04. The molecule has 5 nitrogen and oxygen atoms in total. The van der Waals surface area contributed by atoms with Crippen LogP contribution in [0.5, 0.6) is 0 Å². The molecule has 0 aliphatic rings. The number of guanidine groups is 1. The summed E-state index contributed by atoms with van der Waals surface area (Å²) in [4.78, 5) is 11.1. The highest BCUT2D eigenvalue weighted by molar-refractivity contribution is 9.10. The second-order valence-corrected chi connectivity index (χ2v) is 6.72. The van der Waals surface area contributed by atoms with Crippen LogP contribution in [0, 0.1) is 0 Å². The third kappa shape index (κ3) is 4.39. The van der Waals surface area contributed by atoms with Gasteiger partial charge in [-0.1, -0.05) is 40.2 Å². The van der Waals surface area contributed by atoms with Gasteiger partial charge in [0.15, 0.2) is 5.96 Å². The molecule has 1 aromatic carbocycles. The lowest BCUT2D eigenvalue weighted by atomic mass is 10.2. The lowest BCUT2D eigenvalue weighted by molar-refractivity contribution is 0.476. The van der Waals surface area contributed by atoms with Crippen molar-refractivity contribution in [3.63, 3.8) is 0 Å². The van der Waals surface area contributed by atoms with Gasteiger partial charge in [0.2, 0.25) is 0 Å². The molecular formula is C19H22BrN5. The van der Waals surface area contributed by atoms with Crippen LogP contribution >= 0.6 is 15.9 Å². The molecule has 0 radical (unpaired) electrons. The first kappa shape index (κ1) is 17.5. The standard InChI is InChI=1S/C19H22BrN5/c1-21-19(24(2)13-15-7-3-4-8-17(15)20)22-11-10-16-14-25-12-6-5-9-18(25)23-16/h3-9,12,14H,10-11,13H2,1-2H3,(H,21,22). The van der Waals surface area contributed by atoms with Crippen molar-refractivity contribution in [2.24, 2.45) is 4.99 Å². The second kappa shape index (κ2) is 8.16. The normalized spacial score (nSPS) is 11.7. The van der Waals surface area contributed by atoms with Crippen LogP contribution < -0.4 is 5.32 Å². The number of benzene rings is 1. The van der Waals surface area contributed by atoms with Gasteiger partial charge >= 0.3 is 0 Å². The van der Waals surface area contributed by atoms with Crippen LogP contribution in [0.4, 0.5) is 0 Å². The number of aliphatic imine (C=N–C) groups is 1. The predicted molar refractivity (Wildman–Crippen MR) is 106 cm³/mol. The lowest BCUT2D eigenvalue weighted by Gasteiger charge is -2.22. The summed E-state index contributed by atoms with van der Waals surface area (Å²) in [5, 5.41) is 3.41. The smallest absolute Gasteiger partial charge is 0.193 e. The monoisotopic (exact) mass is 399 g/mol. The topological polar surface area (TPSA) is 44.9 Å². The summed E-state index contributed by atoms with van der Waals surface area (Å²) in [6.07, 6.45) is 4.94. The fourth-order valence-corrected chi connectivity index (χ4v) is 3.16. The number of pyridine rings is 1. The maximum atomic E-state index is 4.62. The van der Waals surface area contributed by atoms with Gasteiger partial charge in [0, 0.05) is 50.5 Å². The van der Waals surface area contributed by atoms with Crippen LogP contribution in [0.1, 0.15) is 11.3 Å². The molecule has 0 aliphatic carbocycles. The minimum absolute atomic E-state index is 0.787. The average Bonchev–Trinajstić information content (AvgIpc) is 3.03. The van der Waals surface area contributed by atoms with Crippen LogP contribution in [0.2, 0.25) is 0 Å². The van der Waals surface area contributed by atoms with E-state index in [-0.39, 0.29) is 0 Å². The van der Waals surface area contributed by atoms with E-state index in [0.717, 1.165) is 41.3 Å². The Bertz CT molecular complexity index is 838. The molecule has 0 atom stereocenters. The Morgan fingerprint density at radius 1 is 1.24 bits per heavy atom. The van der Waals surface area contributed by atoms with Crippen molar-refractivity contribution in [1.82, 2.24) is 19.6 Å². The molecule has 0 aliphatic heterocycles. The predicted octanol–water partition coefficient (Wildman–Crippen LogP) is 3.35. The van der Waals surface area contributed by atoms with Gasteiger partial charge in [-0.25, -0.2) is 4.98 Å². The Kier molecular flexibility index (Phi) is 5.71. The molecule has 130 valence electrons. The number of hydrogen-bond donors (Lipinski definition) is 1. The van der Waals surface area contributed by atoms with E-state index in [1.807, 2.05) is 55.0 Å². The number of nitrogens with zero attached hydrogens (tertiary/aromatic N) is 4. The van der Waals surface area contributed by atoms with E-state index in [0.29, 0.717) is 0 Å². The summed E-state index contributed by atoms with van der Waals surface area (Å²) >= 11 is 3.60. The van der Waals surface area contributed by atoms with Crippen molar-refractivity contribution in [3.8, 4) is 0 Å². The second-order valence-electron chi connectivity index (χ2n) is 5.87. The molecule has 3 rings (SSSR count). The van der Waals surface area contributed by atoms with Gasteiger partial charge in [0.05, 0.1) is 5.69 Å². The lowest BCUT2D eigenvalue weighted by Crippen LogP contribution is -2.39. The fraction of sp³-hybridized carbons (Fsp3) is 0.263. The minimum atomic E-state index is 0.787. The van der Waals surface area contributed by atoms with Crippen LogP contribution in [-0.2, 0) is 13.0 Å².